The molecule has 3 rings (SSSR count). The van der Waals surface area contributed by atoms with Crippen molar-refractivity contribution in [2.45, 2.75) is 25.7 Å². The second-order valence-corrected chi connectivity index (χ2v) is 6.24. The zero-order valence-electron chi connectivity index (χ0n) is 14.4. The van der Waals surface area contributed by atoms with Crippen molar-refractivity contribution in [3.63, 3.8) is 0 Å². The van der Waals surface area contributed by atoms with Crippen molar-refractivity contribution < 1.29 is 14.4 Å². The van der Waals surface area contributed by atoms with Crippen LogP contribution in [0.1, 0.15) is 35.2 Å². The Morgan fingerprint density at radius 2 is 1.77 bits per heavy atom. The SMILES string of the molecule is NC(=O)c1ccccc1NC(=O)CCCN1C(=O)CCc2ccccc21. The van der Waals surface area contributed by atoms with E-state index < -0.39 is 5.91 Å². The fourth-order valence-corrected chi connectivity index (χ4v) is 3.16. The fraction of sp³-hybridized carbons (Fsp3) is 0.250. The van der Waals surface area contributed by atoms with Gasteiger partial charge in [-0.25, -0.2) is 0 Å². The van der Waals surface area contributed by atoms with Gasteiger partial charge in [0.2, 0.25) is 11.8 Å². The first kappa shape index (κ1) is 17.7. The van der Waals surface area contributed by atoms with Crippen molar-refractivity contribution in [1.82, 2.24) is 0 Å². The van der Waals surface area contributed by atoms with E-state index in [1.807, 2.05) is 24.3 Å². The number of carbonyl (C=O) groups is 3. The van der Waals surface area contributed by atoms with Crippen LogP contribution in [-0.4, -0.2) is 24.3 Å². The lowest BCUT2D eigenvalue weighted by atomic mass is 10.0. The molecule has 3 amide bonds. The van der Waals surface area contributed by atoms with Crippen molar-refractivity contribution in [3.8, 4) is 0 Å². The molecule has 2 aromatic carbocycles. The van der Waals surface area contributed by atoms with E-state index in [-0.39, 0.29) is 23.8 Å². The second-order valence-electron chi connectivity index (χ2n) is 6.24. The van der Waals surface area contributed by atoms with Crippen LogP contribution < -0.4 is 16.0 Å². The van der Waals surface area contributed by atoms with E-state index in [1.54, 1.807) is 29.2 Å². The van der Waals surface area contributed by atoms with E-state index in [9.17, 15) is 14.4 Å². The van der Waals surface area contributed by atoms with E-state index in [2.05, 4.69) is 5.32 Å². The van der Waals surface area contributed by atoms with Gasteiger partial charge in [0.1, 0.15) is 0 Å². The number of hydrogen-bond donors (Lipinski definition) is 2. The summed E-state index contributed by atoms with van der Waals surface area (Å²) in [5, 5.41) is 2.72. The van der Waals surface area contributed by atoms with Crippen LogP contribution in [0.2, 0.25) is 0 Å². The van der Waals surface area contributed by atoms with E-state index in [0.717, 1.165) is 17.7 Å². The molecule has 0 bridgehead atoms. The number of rotatable bonds is 6. The number of anilines is 2. The second kappa shape index (κ2) is 7.82. The van der Waals surface area contributed by atoms with Gasteiger partial charge in [0.25, 0.3) is 5.91 Å². The maximum atomic E-state index is 12.2. The molecule has 1 aliphatic rings. The number of nitrogens with two attached hydrogens (primary N) is 1. The predicted molar refractivity (Wildman–Crippen MR) is 99.9 cm³/mol. The summed E-state index contributed by atoms with van der Waals surface area (Å²) in [6.07, 6.45) is 2.04. The number of fused-ring (bicyclic) bond motifs is 1. The predicted octanol–water partition coefficient (Wildman–Crippen LogP) is 2.48. The van der Waals surface area contributed by atoms with Gasteiger partial charge < -0.3 is 16.0 Å². The Bertz CT molecular complexity index is 848. The van der Waals surface area contributed by atoms with Crippen molar-refractivity contribution >= 4 is 29.1 Å². The van der Waals surface area contributed by atoms with Crippen molar-refractivity contribution in [1.29, 1.82) is 0 Å². The number of nitrogens with one attached hydrogen (secondary N) is 1. The van der Waals surface area contributed by atoms with E-state index in [4.69, 9.17) is 5.73 Å². The minimum absolute atomic E-state index is 0.0863. The largest absolute Gasteiger partial charge is 0.366 e. The molecule has 0 atom stereocenters. The Labute approximate surface area is 152 Å². The summed E-state index contributed by atoms with van der Waals surface area (Å²) < 4.78 is 0. The Balaban J connectivity index is 1.58. The molecule has 1 heterocycles. The molecule has 0 unspecified atom stereocenters. The third kappa shape index (κ3) is 3.91. The summed E-state index contributed by atoms with van der Waals surface area (Å²) in [7, 11) is 0. The molecular weight excluding hydrogens is 330 g/mol. The van der Waals surface area contributed by atoms with Gasteiger partial charge in [-0.15, -0.1) is 0 Å². The molecule has 134 valence electrons. The van der Waals surface area contributed by atoms with Gasteiger partial charge in [0, 0.05) is 25.1 Å². The lowest BCUT2D eigenvalue weighted by molar-refractivity contribution is -0.119. The third-order valence-electron chi connectivity index (χ3n) is 4.44. The normalized spacial score (nSPS) is 13.2. The maximum absolute atomic E-state index is 12.2. The molecule has 0 fully saturated rings. The quantitative estimate of drug-likeness (QED) is 0.837. The van der Waals surface area contributed by atoms with Crippen LogP contribution in [0.4, 0.5) is 11.4 Å². The van der Waals surface area contributed by atoms with Crippen LogP contribution in [0, 0.1) is 0 Å². The van der Waals surface area contributed by atoms with Crippen LogP contribution in [0.3, 0.4) is 0 Å². The highest BCUT2D eigenvalue weighted by Gasteiger charge is 2.23. The van der Waals surface area contributed by atoms with Gasteiger partial charge in [0.15, 0.2) is 0 Å². The molecule has 6 heteroatoms. The first-order valence-electron chi connectivity index (χ1n) is 8.63. The summed E-state index contributed by atoms with van der Waals surface area (Å²) in [6.45, 7) is 0.487. The lowest BCUT2D eigenvalue weighted by Crippen LogP contribution is -2.36. The molecule has 0 saturated carbocycles. The minimum atomic E-state index is -0.587. The van der Waals surface area contributed by atoms with Crippen LogP contribution in [0.25, 0.3) is 0 Å². The molecule has 3 N–H and O–H groups in total. The zero-order chi connectivity index (χ0) is 18.5. The number of para-hydroxylation sites is 2. The number of hydrogen-bond acceptors (Lipinski definition) is 3. The number of aryl methyl sites for hydroxylation is 1. The molecule has 0 spiro atoms. The van der Waals surface area contributed by atoms with Gasteiger partial charge in [-0.2, -0.15) is 0 Å². The van der Waals surface area contributed by atoms with Gasteiger partial charge in [-0.1, -0.05) is 30.3 Å². The number of benzene rings is 2. The molecule has 0 aliphatic carbocycles. The zero-order valence-corrected chi connectivity index (χ0v) is 14.4. The Morgan fingerprint density at radius 1 is 1.04 bits per heavy atom. The van der Waals surface area contributed by atoms with E-state index in [1.165, 1.54) is 0 Å². The molecule has 2 aromatic rings. The Morgan fingerprint density at radius 3 is 2.58 bits per heavy atom. The first-order chi connectivity index (χ1) is 12.6. The van der Waals surface area contributed by atoms with Crippen molar-refractivity contribution in [2.24, 2.45) is 5.73 Å². The standard InChI is InChI=1S/C20H21N3O3/c21-20(26)15-7-2-3-8-16(15)22-18(24)10-5-13-23-17-9-4-1-6-14(17)11-12-19(23)25/h1-4,6-9H,5,10-13H2,(H2,21,26)(H,22,24). The molecule has 0 radical (unpaired) electrons. The van der Waals surface area contributed by atoms with Crippen LogP contribution in [-0.2, 0) is 16.0 Å². The van der Waals surface area contributed by atoms with Gasteiger partial charge in [-0.05, 0) is 36.6 Å². The average Bonchev–Trinajstić information content (AvgIpc) is 2.64. The van der Waals surface area contributed by atoms with Gasteiger partial charge in [-0.3, -0.25) is 14.4 Å². The highest BCUT2D eigenvalue weighted by molar-refractivity contribution is 6.03. The molecule has 0 aromatic heterocycles. The molecule has 6 nitrogen and oxygen atoms in total. The smallest absolute Gasteiger partial charge is 0.250 e. The van der Waals surface area contributed by atoms with E-state index >= 15 is 0 Å². The molecule has 26 heavy (non-hydrogen) atoms. The van der Waals surface area contributed by atoms with Gasteiger partial charge in [0.05, 0.1) is 11.3 Å². The molecule has 1 aliphatic heterocycles. The Kier molecular flexibility index (Phi) is 5.31. The number of primary amides is 1. The number of nitrogens with zero attached hydrogens (tertiary/aromatic N) is 1. The average molecular weight is 351 g/mol. The summed E-state index contributed by atoms with van der Waals surface area (Å²) in [6, 6.07) is 14.5. The summed E-state index contributed by atoms with van der Waals surface area (Å²) in [5.74, 6) is -0.712. The van der Waals surface area contributed by atoms with Crippen molar-refractivity contribution in [2.75, 3.05) is 16.8 Å². The molecule has 0 saturated heterocycles. The Hall–Kier alpha value is -3.15. The number of amides is 3. The third-order valence-corrected chi connectivity index (χ3v) is 4.44. The van der Waals surface area contributed by atoms with Crippen LogP contribution in [0.5, 0.6) is 0 Å². The maximum Gasteiger partial charge on any atom is 0.250 e. The topological polar surface area (TPSA) is 92.5 Å². The fourth-order valence-electron chi connectivity index (χ4n) is 3.16. The van der Waals surface area contributed by atoms with Crippen LogP contribution in [0.15, 0.2) is 48.5 Å². The van der Waals surface area contributed by atoms with Crippen molar-refractivity contribution in [3.05, 3.63) is 59.7 Å². The first-order valence-corrected chi connectivity index (χ1v) is 8.63. The monoisotopic (exact) mass is 351 g/mol. The highest BCUT2D eigenvalue weighted by Crippen LogP contribution is 2.27. The minimum Gasteiger partial charge on any atom is -0.366 e. The summed E-state index contributed by atoms with van der Waals surface area (Å²) in [4.78, 5) is 37.6. The summed E-state index contributed by atoms with van der Waals surface area (Å²) in [5.41, 5.74) is 8.09. The lowest BCUT2D eigenvalue weighted by Gasteiger charge is -2.29. The molecular formula is C20H21N3O3. The van der Waals surface area contributed by atoms with Crippen LogP contribution >= 0.6 is 0 Å². The highest BCUT2D eigenvalue weighted by atomic mass is 16.2. The van der Waals surface area contributed by atoms with E-state index in [0.29, 0.717) is 25.1 Å². The number of carbonyl (C=O) groups excluding carboxylic acids is 3. The summed E-state index contributed by atoms with van der Waals surface area (Å²) >= 11 is 0. The van der Waals surface area contributed by atoms with Gasteiger partial charge >= 0.3 is 0 Å².